The molecule has 166 valence electrons. The monoisotopic (exact) mass is 420 g/mol. The molecule has 3 nitrogen and oxygen atoms in total. The van der Waals surface area contributed by atoms with Gasteiger partial charge in [-0.25, -0.2) is 0 Å². The molecule has 0 aromatic heterocycles. The standard InChI is InChI=1S/C25H44O3Si/c1-5-8-18-29(19-9-6-2,20-10-7-3)28-25(23(4)21-26)16-17-27-22-24-14-12-11-13-15-24/h11-15,21,23,25H,5-10,16-20,22H2,1-4H3/t23-,25-/m1/s1. The predicted octanol–water partition coefficient (Wildman–Crippen LogP) is 7.16. The van der Waals surface area contributed by atoms with Crippen LogP contribution >= 0.6 is 0 Å². The summed E-state index contributed by atoms with van der Waals surface area (Å²) >= 11 is 0. The van der Waals surface area contributed by atoms with Crippen molar-refractivity contribution in [3.63, 3.8) is 0 Å². The highest BCUT2D eigenvalue weighted by atomic mass is 28.4. The van der Waals surface area contributed by atoms with Gasteiger partial charge >= 0.3 is 0 Å². The fraction of sp³-hybridized carbons (Fsp3) is 0.720. The van der Waals surface area contributed by atoms with Gasteiger partial charge in [0.05, 0.1) is 12.7 Å². The Hall–Kier alpha value is -0.973. The molecule has 1 rings (SSSR count). The second-order valence-corrected chi connectivity index (χ2v) is 12.6. The number of benzene rings is 1. The molecule has 0 N–H and O–H groups in total. The van der Waals surface area contributed by atoms with Crippen LogP contribution in [0, 0.1) is 5.92 Å². The Kier molecular flexibility index (Phi) is 14.2. The van der Waals surface area contributed by atoms with Crippen LogP contribution in [-0.4, -0.2) is 27.3 Å². The van der Waals surface area contributed by atoms with Gasteiger partial charge in [0.1, 0.15) is 6.29 Å². The maximum Gasteiger partial charge on any atom is 0.193 e. The van der Waals surface area contributed by atoms with Gasteiger partial charge in [0.2, 0.25) is 0 Å². The number of carbonyl (C=O) groups excluding carboxylic acids is 1. The zero-order chi connectivity index (χ0) is 21.4. The van der Waals surface area contributed by atoms with Crippen molar-refractivity contribution in [2.24, 2.45) is 5.92 Å². The van der Waals surface area contributed by atoms with Crippen LogP contribution in [0.1, 0.15) is 78.2 Å². The van der Waals surface area contributed by atoms with Crippen molar-refractivity contribution in [3.8, 4) is 0 Å². The third-order valence-electron chi connectivity index (χ3n) is 5.82. The molecule has 0 unspecified atom stereocenters. The van der Waals surface area contributed by atoms with Crippen molar-refractivity contribution in [3.05, 3.63) is 35.9 Å². The van der Waals surface area contributed by atoms with Gasteiger partial charge in [0.25, 0.3) is 0 Å². The van der Waals surface area contributed by atoms with E-state index in [1.165, 1.54) is 62.2 Å². The lowest BCUT2D eigenvalue weighted by atomic mass is 10.0. The largest absolute Gasteiger partial charge is 0.413 e. The average Bonchev–Trinajstić information content (AvgIpc) is 2.76. The molecule has 0 bridgehead atoms. The third-order valence-corrected chi connectivity index (χ3v) is 10.4. The number of carbonyl (C=O) groups is 1. The summed E-state index contributed by atoms with van der Waals surface area (Å²) in [7, 11) is -1.84. The van der Waals surface area contributed by atoms with Crippen molar-refractivity contribution in [2.45, 2.75) is 103 Å². The fourth-order valence-corrected chi connectivity index (χ4v) is 8.92. The molecule has 0 amide bonds. The SMILES string of the molecule is CCCC[Si](CCCC)(CCCC)O[C@H](CCOCc1ccccc1)[C@H](C)C=O. The molecule has 29 heavy (non-hydrogen) atoms. The lowest BCUT2D eigenvalue weighted by Gasteiger charge is -2.37. The van der Waals surface area contributed by atoms with E-state index >= 15 is 0 Å². The smallest absolute Gasteiger partial charge is 0.193 e. The lowest BCUT2D eigenvalue weighted by molar-refractivity contribution is -0.113. The van der Waals surface area contributed by atoms with Crippen molar-refractivity contribution in [1.82, 2.24) is 0 Å². The van der Waals surface area contributed by atoms with Crippen molar-refractivity contribution >= 4 is 14.6 Å². The molecule has 0 aliphatic heterocycles. The Morgan fingerprint density at radius 2 is 1.48 bits per heavy atom. The third kappa shape index (κ3) is 10.6. The first kappa shape index (κ1) is 26.1. The Labute approximate surface area is 180 Å². The molecule has 0 aliphatic rings. The second kappa shape index (κ2) is 15.8. The van der Waals surface area contributed by atoms with Crippen LogP contribution in [0.15, 0.2) is 30.3 Å². The number of rotatable bonds is 18. The van der Waals surface area contributed by atoms with Crippen LogP contribution in [0.4, 0.5) is 0 Å². The summed E-state index contributed by atoms with van der Waals surface area (Å²) in [5, 5.41) is 0. The molecule has 4 heteroatoms. The van der Waals surface area contributed by atoms with E-state index in [1.807, 2.05) is 25.1 Å². The van der Waals surface area contributed by atoms with Gasteiger partial charge in [-0.3, -0.25) is 0 Å². The molecule has 0 saturated carbocycles. The van der Waals surface area contributed by atoms with E-state index in [-0.39, 0.29) is 12.0 Å². The molecular formula is C25H44O3Si. The average molecular weight is 421 g/mol. The molecule has 0 spiro atoms. The van der Waals surface area contributed by atoms with Crippen LogP contribution in [0.5, 0.6) is 0 Å². The number of hydrogen-bond donors (Lipinski definition) is 0. The number of unbranched alkanes of at least 4 members (excludes halogenated alkanes) is 3. The van der Waals surface area contributed by atoms with Crippen molar-refractivity contribution in [1.29, 1.82) is 0 Å². The Balaban J connectivity index is 2.76. The Bertz CT molecular complexity index is 498. The first-order valence-corrected chi connectivity index (χ1v) is 14.4. The maximum absolute atomic E-state index is 11.6. The summed E-state index contributed by atoms with van der Waals surface area (Å²) in [6.07, 6.45) is 9.22. The summed E-state index contributed by atoms with van der Waals surface area (Å²) in [6.45, 7) is 10.1. The number of aldehydes is 1. The highest BCUT2D eigenvalue weighted by molar-refractivity contribution is 6.73. The molecule has 0 radical (unpaired) electrons. The lowest BCUT2D eigenvalue weighted by Crippen LogP contribution is -2.44. The van der Waals surface area contributed by atoms with Gasteiger partial charge in [-0.1, -0.05) is 96.6 Å². The molecule has 0 fully saturated rings. The highest BCUT2D eigenvalue weighted by Gasteiger charge is 2.37. The molecule has 0 heterocycles. The summed E-state index contributed by atoms with van der Waals surface area (Å²) in [5.74, 6) is -0.0768. The maximum atomic E-state index is 11.6. The summed E-state index contributed by atoms with van der Waals surface area (Å²) in [4.78, 5) is 11.6. The highest BCUT2D eigenvalue weighted by Crippen LogP contribution is 2.32. The van der Waals surface area contributed by atoms with E-state index < -0.39 is 8.32 Å². The second-order valence-electron chi connectivity index (χ2n) is 8.47. The quantitative estimate of drug-likeness (QED) is 0.144. The Morgan fingerprint density at radius 1 is 0.931 bits per heavy atom. The zero-order valence-electron chi connectivity index (χ0n) is 19.3. The van der Waals surface area contributed by atoms with Gasteiger partial charge in [0, 0.05) is 12.5 Å². The molecule has 0 saturated heterocycles. The van der Waals surface area contributed by atoms with Crippen LogP contribution in [0.3, 0.4) is 0 Å². The van der Waals surface area contributed by atoms with Gasteiger partial charge in [-0.05, 0) is 30.1 Å². The summed E-state index contributed by atoms with van der Waals surface area (Å²) in [6, 6.07) is 14.0. The van der Waals surface area contributed by atoms with Gasteiger partial charge in [-0.15, -0.1) is 0 Å². The van der Waals surface area contributed by atoms with E-state index in [2.05, 4.69) is 32.9 Å². The van der Waals surface area contributed by atoms with Crippen LogP contribution in [-0.2, 0) is 20.6 Å². The first-order chi connectivity index (χ1) is 14.1. The van der Waals surface area contributed by atoms with Crippen LogP contribution < -0.4 is 0 Å². The first-order valence-electron chi connectivity index (χ1n) is 11.9. The number of hydrogen-bond acceptors (Lipinski definition) is 3. The molecule has 2 atom stereocenters. The van der Waals surface area contributed by atoms with E-state index in [9.17, 15) is 4.79 Å². The zero-order valence-corrected chi connectivity index (χ0v) is 20.3. The molecule has 1 aromatic rings. The minimum Gasteiger partial charge on any atom is -0.413 e. The molecule has 1 aromatic carbocycles. The van der Waals surface area contributed by atoms with E-state index in [0.29, 0.717) is 13.2 Å². The summed E-state index contributed by atoms with van der Waals surface area (Å²) < 4.78 is 12.9. The minimum atomic E-state index is -1.84. The number of ether oxygens (including phenoxy) is 1. The minimum absolute atomic E-state index is 0.0134. The van der Waals surface area contributed by atoms with Crippen molar-refractivity contribution in [2.75, 3.05) is 6.61 Å². The topological polar surface area (TPSA) is 35.5 Å². The molecule has 0 aliphatic carbocycles. The Morgan fingerprint density at radius 3 is 1.97 bits per heavy atom. The van der Waals surface area contributed by atoms with Crippen LogP contribution in [0.25, 0.3) is 0 Å². The van der Waals surface area contributed by atoms with E-state index in [1.54, 1.807) is 0 Å². The molecular weight excluding hydrogens is 376 g/mol. The van der Waals surface area contributed by atoms with Crippen LogP contribution in [0.2, 0.25) is 18.1 Å². The van der Waals surface area contributed by atoms with Gasteiger partial charge in [0.15, 0.2) is 8.32 Å². The van der Waals surface area contributed by atoms with E-state index in [4.69, 9.17) is 9.16 Å². The van der Waals surface area contributed by atoms with Gasteiger partial charge < -0.3 is 14.0 Å². The van der Waals surface area contributed by atoms with Gasteiger partial charge in [-0.2, -0.15) is 0 Å². The summed E-state index contributed by atoms with van der Waals surface area (Å²) in [5.41, 5.74) is 1.19. The van der Waals surface area contributed by atoms with Crippen molar-refractivity contribution < 1.29 is 14.0 Å². The fourth-order valence-electron chi connectivity index (χ4n) is 3.85. The van der Waals surface area contributed by atoms with E-state index in [0.717, 1.165) is 12.7 Å². The normalized spacial score (nSPS) is 13.9. The predicted molar refractivity (Wildman–Crippen MR) is 126 cm³/mol.